The van der Waals surface area contributed by atoms with E-state index in [-0.39, 0.29) is 42.9 Å². The second-order valence-corrected chi connectivity index (χ2v) is 11.8. The zero-order chi connectivity index (χ0) is 33.8. The van der Waals surface area contributed by atoms with Gasteiger partial charge >= 0.3 is 31.1 Å². The summed E-state index contributed by atoms with van der Waals surface area (Å²) in [4.78, 5) is 20.0. The van der Waals surface area contributed by atoms with E-state index < -0.39 is 6.17 Å². The summed E-state index contributed by atoms with van der Waals surface area (Å²) in [6, 6.07) is 10.2. The van der Waals surface area contributed by atoms with Crippen LogP contribution in [0.3, 0.4) is 0 Å². The van der Waals surface area contributed by atoms with Gasteiger partial charge in [0, 0.05) is 30.4 Å². The molecule has 3 heterocycles. The number of hydrogen-bond donors (Lipinski definition) is 1. The number of amides is 1. The van der Waals surface area contributed by atoms with E-state index in [1.54, 1.807) is 33.2 Å². The van der Waals surface area contributed by atoms with Crippen LogP contribution in [0.4, 0.5) is 10.1 Å². The predicted octanol–water partition coefficient (Wildman–Crippen LogP) is 10.4. The van der Waals surface area contributed by atoms with Gasteiger partial charge in [0.2, 0.25) is 5.91 Å². The van der Waals surface area contributed by atoms with Crippen molar-refractivity contribution in [3.8, 4) is 0 Å². The third-order valence-corrected chi connectivity index (χ3v) is 7.80. The van der Waals surface area contributed by atoms with Crippen LogP contribution >= 0.6 is 11.3 Å². The van der Waals surface area contributed by atoms with E-state index in [0.29, 0.717) is 0 Å². The topological polar surface area (TPSA) is 73.4 Å². The number of nitrogens with zero attached hydrogens (tertiary/aromatic N) is 4. The maximum Gasteiger partial charge on any atom is 2.00 e. The van der Waals surface area contributed by atoms with Gasteiger partial charge in [-0.2, -0.15) is 20.3 Å². The van der Waals surface area contributed by atoms with Crippen LogP contribution in [-0.2, 0) is 11.2 Å². The van der Waals surface area contributed by atoms with Crippen molar-refractivity contribution in [3.63, 3.8) is 0 Å². The van der Waals surface area contributed by atoms with Crippen LogP contribution in [0, 0.1) is 50.9 Å². The van der Waals surface area contributed by atoms with Gasteiger partial charge in [-0.1, -0.05) is 43.7 Å². The molecule has 6 nitrogen and oxygen atoms in total. The first-order valence-corrected chi connectivity index (χ1v) is 16.2. The van der Waals surface area contributed by atoms with Gasteiger partial charge in [-0.25, -0.2) is 4.39 Å². The van der Waals surface area contributed by atoms with Crippen LogP contribution in [0.25, 0.3) is 26.5 Å². The largest absolute Gasteiger partial charge is 2.00 e. The number of pyridine rings is 1. The molecule has 0 radical (unpaired) electrons. The number of alkyl halides is 1. The molecule has 2 atom stereocenters. The fourth-order valence-electron chi connectivity index (χ4n) is 4.09. The molecule has 1 aromatic carbocycles. The van der Waals surface area contributed by atoms with Gasteiger partial charge in [0.05, 0.1) is 16.1 Å². The molecular weight excluding hydrogens is 820 g/mol. The van der Waals surface area contributed by atoms with Crippen LogP contribution in [0.1, 0.15) is 62.1 Å². The number of benzene rings is 1. The maximum atomic E-state index is 12.3. The van der Waals surface area contributed by atoms with E-state index >= 15 is 0 Å². The fourth-order valence-corrected chi connectivity index (χ4v) is 5.21. The number of anilines is 1. The summed E-state index contributed by atoms with van der Waals surface area (Å²) >= 11 is 1.81. The quantitative estimate of drug-likeness (QED) is 0.195. The molecule has 0 bridgehead atoms. The van der Waals surface area contributed by atoms with Gasteiger partial charge in [-0.05, 0) is 94.6 Å². The van der Waals surface area contributed by atoms with Crippen LogP contribution < -0.4 is 5.32 Å². The number of aryl methyl sites for hydroxylation is 3. The van der Waals surface area contributed by atoms with Crippen molar-refractivity contribution in [2.75, 3.05) is 33.0 Å². The smallest absolute Gasteiger partial charge is 0.668 e. The van der Waals surface area contributed by atoms with Crippen molar-refractivity contribution >= 4 is 38.8 Å². The number of rotatable bonds is 11. The molecule has 9 heteroatoms. The number of carbonyl (C=O) groups is 1. The van der Waals surface area contributed by atoms with Crippen LogP contribution in [0.2, 0.25) is 0 Å². The van der Waals surface area contributed by atoms with Gasteiger partial charge in [0.25, 0.3) is 0 Å². The second-order valence-electron chi connectivity index (χ2n) is 10.7. The number of aromatic nitrogens is 1. The van der Waals surface area contributed by atoms with E-state index in [9.17, 15) is 9.18 Å². The Kier molecular flexibility index (Phi) is 23.0. The molecule has 0 saturated heterocycles. The first kappa shape index (κ1) is 43.3. The number of hydrogen-bond acceptors (Lipinski definition) is 4. The molecule has 46 heavy (non-hydrogen) atoms. The summed E-state index contributed by atoms with van der Waals surface area (Å²) in [5, 5.41) is 10.6. The molecule has 248 valence electrons. The Labute approximate surface area is 305 Å². The Bertz CT molecular complexity index is 1420. The monoisotopic (exact) mass is 871 g/mol. The average molecular weight is 872 g/mol. The maximum absolute atomic E-state index is 12.3. The number of thiophene rings is 1. The van der Waals surface area contributed by atoms with E-state index in [1.165, 1.54) is 45.7 Å². The number of nitrogens with one attached hydrogen (secondary N) is 1. The molecule has 0 saturated carbocycles. The van der Waals surface area contributed by atoms with Crippen molar-refractivity contribution in [1.29, 1.82) is 0 Å². The van der Waals surface area contributed by atoms with Gasteiger partial charge in [0.1, 0.15) is 6.17 Å². The molecule has 1 N–H and O–H groups in total. The summed E-state index contributed by atoms with van der Waals surface area (Å²) in [5.41, 5.74) is 6.90. The normalized spacial score (nSPS) is 12.5. The molecule has 1 aliphatic rings. The summed E-state index contributed by atoms with van der Waals surface area (Å²) in [5.74, 6) is -0.179. The minimum absolute atomic E-state index is 0. The molecule has 3 aromatic rings. The van der Waals surface area contributed by atoms with Gasteiger partial charge in [-0.15, -0.1) is 23.6 Å². The molecule has 0 fully saturated rings. The average Bonchev–Trinajstić information content (AvgIpc) is 3.75. The van der Waals surface area contributed by atoms with Crippen LogP contribution in [0.5, 0.6) is 0 Å². The van der Waals surface area contributed by atoms with Crippen molar-refractivity contribution in [3.05, 3.63) is 112 Å². The molecule has 2 aromatic heterocycles. The first-order valence-electron chi connectivity index (χ1n) is 15.4. The van der Waals surface area contributed by atoms with Crippen LogP contribution in [-0.4, -0.2) is 49.7 Å². The molecular formula is C37H52FN5OSU. The number of carbonyl (C=O) groups excluding carboxylic acids is 1. The van der Waals surface area contributed by atoms with E-state index in [0.717, 1.165) is 36.3 Å². The van der Waals surface area contributed by atoms with Gasteiger partial charge < -0.3 is 20.9 Å². The Morgan fingerprint density at radius 2 is 1.85 bits per heavy atom. The van der Waals surface area contributed by atoms with E-state index in [1.807, 2.05) is 75.1 Å². The Balaban J connectivity index is 0.000000702. The summed E-state index contributed by atoms with van der Waals surface area (Å²) < 4.78 is 12.9. The fraction of sp³-hybridized carbons (Fsp3) is 0.405. The first-order chi connectivity index (χ1) is 21.5. The second kappa shape index (κ2) is 24.5. The third kappa shape index (κ3) is 16.7. The molecule has 0 aliphatic carbocycles. The van der Waals surface area contributed by atoms with Crippen molar-refractivity contribution in [2.45, 2.75) is 67.0 Å². The van der Waals surface area contributed by atoms with Crippen molar-refractivity contribution < 1.29 is 40.3 Å². The Hall–Kier alpha value is -2.70. The van der Waals surface area contributed by atoms with Gasteiger partial charge in [0.15, 0.2) is 0 Å². The van der Waals surface area contributed by atoms with Crippen LogP contribution in [0.15, 0.2) is 79.8 Å². The van der Waals surface area contributed by atoms with Crippen molar-refractivity contribution in [2.24, 2.45) is 5.92 Å². The summed E-state index contributed by atoms with van der Waals surface area (Å²) in [7, 11) is 5.50. The molecule has 2 unspecified atom stereocenters. The minimum atomic E-state index is -0.782. The number of allylic oxidation sites excluding steroid dienone is 3. The molecule has 0 spiro atoms. The molecule has 4 rings (SSSR count). The standard InChI is InChI=1S/C18H26N2O.C12H11N2S.C5H9F.C2H6N.U/c1-6-11-20(5)12-10-16(7-2)18(21)19-17-9-8-14(3)15(4)13-17;1-2-3-8-4-5-13-9-6-11(10-7-14-10)15-12(8)9;1-3-4-5(2)6;1-3-2;/h6-9,11,13,16H,2,10,12H2,1,3-5H3,(H,19,21);4-7H,2-3H2,1H3;3-5H,1-2H3;1-2H3;/q;-1;;-1;+2/b11-6+;;4-3-;;. The Morgan fingerprint density at radius 3 is 2.35 bits per heavy atom. The summed E-state index contributed by atoms with van der Waals surface area (Å²) in [6.07, 6.45) is 15.0. The Morgan fingerprint density at radius 1 is 1.17 bits per heavy atom. The zero-order valence-electron chi connectivity index (χ0n) is 29.1. The molecule has 1 amide bonds. The summed E-state index contributed by atoms with van der Waals surface area (Å²) in [6.45, 7) is 16.2. The number of fused-ring (bicyclic) bond motifs is 1. The third-order valence-electron chi connectivity index (χ3n) is 6.57. The minimum Gasteiger partial charge on any atom is -0.668 e. The SMILES string of the molecule is C/C=C\C(C)F.C=CC(CCN(C)/C=C/C)C(=O)Nc1ccc(C)c(C)c1.CCCc1ccnc2cc(C3=C[N-]3)sc12.C[N-]C.[U+2]. The zero-order valence-corrected chi connectivity index (χ0v) is 34.1. The molecule has 1 aliphatic heterocycles. The number of halogens is 1. The van der Waals surface area contributed by atoms with E-state index in [4.69, 9.17) is 0 Å². The predicted molar refractivity (Wildman–Crippen MR) is 196 cm³/mol. The van der Waals surface area contributed by atoms with Crippen molar-refractivity contribution in [1.82, 2.24) is 9.88 Å². The van der Waals surface area contributed by atoms with Gasteiger partial charge in [-0.3, -0.25) is 9.78 Å². The van der Waals surface area contributed by atoms with E-state index in [2.05, 4.69) is 58.4 Å².